The molecule has 0 aliphatic carbocycles. The van der Waals surface area contributed by atoms with Crippen LogP contribution in [0.3, 0.4) is 0 Å². The number of methoxy groups -OCH3 is 1. The predicted octanol–water partition coefficient (Wildman–Crippen LogP) is 1.85. The van der Waals surface area contributed by atoms with Crippen LogP contribution in [0.2, 0.25) is 0 Å². The molecule has 0 amide bonds. The van der Waals surface area contributed by atoms with E-state index in [2.05, 4.69) is 4.98 Å². The van der Waals surface area contributed by atoms with Gasteiger partial charge in [-0.05, 0) is 31.9 Å². The van der Waals surface area contributed by atoms with Gasteiger partial charge in [-0.25, -0.2) is 4.39 Å². The molecule has 1 N–H and O–H groups in total. The third-order valence-electron chi connectivity index (χ3n) is 2.29. The van der Waals surface area contributed by atoms with Crippen LogP contribution >= 0.6 is 0 Å². The van der Waals surface area contributed by atoms with Crippen LogP contribution in [0.1, 0.15) is 25.5 Å². The highest BCUT2D eigenvalue weighted by atomic mass is 19.1. The van der Waals surface area contributed by atoms with Gasteiger partial charge in [0.15, 0.2) is 0 Å². The summed E-state index contributed by atoms with van der Waals surface area (Å²) in [7, 11) is 1.62. The first-order valence-corrected chi connectivity index (χ1v) is 4.89. The van der Waals surface area contributed by atoms with E-state index in [1.54, 1.807) is 14.0 Å². The molecule has 1 unspecified atom stereocenters. The van der Waals surface area contributed by atoms with Gasteiger partial charge in [0.05, 0.1) is 11.9 Å². The summed E-state index contributed by atoms with van der Waals surface area (Å²) >= 11 is 0. The van der Waals surface area contributed by atoms with Crippen molar-refractivity contribution in [2.24, 2.45) is 0 Å². The summed E-state index contributed by atoms with van der Waals surface area (Å²) in [4.78, 5) is 3.86. The van der Waals surface area contributed by atoms with E-state index < -0.39 is 11.4 Å². The van der Waals surface area contributed by atoms with E-state index in [1.807, 2.05) is 0 Å². The molecule has 1 aromatic heterocycles. The van der Waals surface area contributed by atoms with Crippen LogP contribution in [0.15, 0.2) is 18.3 Å². The van der Waals surface area contributed by atoms with Crippen molar-refractivity contribution in [2.75, 3.05) is 13.7 Å². The maximum Gasteiger partial charge on any atom is 0.141 e. The van der Waals surface area contributed by atoms with Gasteiger partial charge in [0, 0.05) is 13.7 Å². The van der Waals surface area contributed by atoms with Crippen molar-refractivity contribution in [3.05, 3.63) is 29.8 Å². The van der Waals surface area contributed by atoms with Gasteiger partial charge in [0.2, 0.25) is 0 Å². The molecular formula is C11H16FNO2. The molecule has 0 aliphatic heterocycles. The number of ether oxygens (including phenoxy) is 1. The van der Waals surface area contributed by atoms with E-state index >= 15 is 0 Å². The molecule has 0 aromatic carbocycles. The van der Waals surface area contributed by atoms with E-state index in [0.717, 1.165) is 12.6 Å². The number of aromatic nitrogens is 1. The topological polar surface area (TPSA) is 42.4 Å². The molecule has 0 saturated carbocycles. The monoisotopic (exact) mass is 213 g/mol. The second kappa shape index (κ2) is 5.19. The second-order valence-electron chi connectivity index (χ2n) is 3.73. The zero-order valence-electron chi connectivity index (χ0n) is 9.03. The van der Waals surface area contributed by atoms with E-state index in [9.17, 15) is 9.50 Å². The van der Waals surface area contributed by atoms with Crippen molar-refractivity contribution in [3.8, 4) is 0 Å². The van der Waals surface area contributed by atoms with Crippen LogP contribution in [-0.4, -0.2) is 23.8 Å². The summed E-state index contributed by atoms with van der Waals surface area (Å²) in [5.74, 6) is -0.397. The van der Waals surface area contributed by atoms with Gasteiger partial charge in [0.25, 0.3) is 0 Å². The summed E-state index contributed by atoms with van der Waals surface area (Å²) in [6.07, 6.45) is 2.39. The minimum atomic E-state index is -1.02. The first-order chi connectivity index (χ1) is 7.06. The summed E-state index contributed by atoms with van der Waals surface area (Å²) < 4.78 is 17.5. The fourth-order valence-corrected chi connectivity index (χ4v) is 1.38. The lowest BCUT2D eigenvalue weighted by Crippen LogP contribution is -2.23. The minimum absolute atomic E-state index is 0.397. The number of aliphatic hydroxyl groups is 1. The Morgan fingerprint density at radius 2 is 2.27 bits per heavy atom. The Morgan fingerprint density at radius 1 is 1.53 bits per heavy atom. The third kappa shape index (κ3) is 3.57. The Labute approximate surface area is 88.9 Å². The fourth-order valence-electron chi connectivity index (χ4n) is 1.38. The van der Waals surface area contributed by atoms with Crippen molar-refractivity contribution >= 4 is 0 Å². The highest BCUT2D eigenvalue weighted by molar-refractivity contribution is 5.12. The lowest BCUT2D eigenvalue weighted by molar-refractivity contribution is 0.0331. The van der Waals surface area contributed by atoms with Crippen molar-refractivity contribution < 1.29 is 14.2 Å². The molecule has 0 bridgehead atoms. The molecule has 84 valence electrons. The second-order valence-corrected chi connectivity index (χ2v) is 3.73. The normalized spacial score (nSPS) is 14.9. The minimum Gasteiger partial charge on any atom is -0.385 e. The maximum atomic E-state index is 12.6. The number of rotatable bonds is 5. The summed E-state index contributed by atoms with van der Waals surface area (Å²) in [6, 6.07) is 2.80. The molecule has 1 atom stereocenters. The molecule has 0 saturated heterocycles. The Hall–Kier alpha value is -1.00. The first kappa shape index (κ1) is 12.1. The number of hydrogen-bond donors (Lipinski definition) is 1. The lowest BCUT2D eigenvalue weighted by atomic mass is 9.96. The lowest BCUT2D eigenvalue weighted by Gasteiger charge is -2.22. The molecule has 1 rings (SSSR count). The molecule has 15 heavy (non-hydrogen) atoms. The summed E-state index contributed by atoms with van der Waals surface area (Å²) in [5.41, 5.74) is -0.535. The van der Waals surface area contributed by atoms with Gasteiger partial charge in [0.1, 0.15) is 11.4 Å². The third-order valence-corrected chi connectivity index (χ3v) is 2.29. The maximum absolute atomic E-state index is 12.6. The average Bonchev–Trinajstić information content (AvgIpc) is 2.18. The molecule has 1 heterocycles. The number of nitrogens with zero attached hydrogens (tertiary/aromatic N) is 1. The van der Waals surface area contributed by atoms with E-state index in [1.165, 1.54) is 12.1 Å². The summed E-state index contributed by atoms with van der Waals surface area (Å²) in [6.45, 7) is 2.26. The van der Waals surface area contributed by atoms with Gasteiger partial charge in [-0.15, -0.1) is 0 Å². The van der Waals surface area contributed by atoms with Gasteiger partial charge >= 0.3 is 0 Å². The quantitative estimate of drug-likeness (QED) is 0.759. The first-order valence-electron chi connectivity index (χ1n) is 4.89. The van der Waals surface area contributed by atoms with Crippen LogP contribution in [0.4, 0.5) is 4.39 Å². The highest BCUT2D eigenvalue weighted by Gasteiger charge is 2.23. The van der Waals surface area contributed by atoms with Gasteiger partial charge < -0.3 is 9.84 Å². The standard InChI is InChI=1S/C11H16FNO2/c1-11(14,6-3-7-15-2)10-5-4-9(12)8-13-10/h4-5,8,14H,3,6-7H2,1-2H3. The zero-order valence-corrected chi connectivity index (χ0v) is 9.03. The van der Waals surface area contributed by atoms with Crippen LogP contribution in [0.25, 0.3) is 0 Å². The molecule has 0 spiro atoms. The predicted molar refractivity (Wildman–Crippen MR) is 54.9 cm³/mol. The Bertz CT molecular complexity index is 298. The number of pyridine rings is 1. The van der Waals surface area contributed by atoms with Crippen molar-refractivity contribution in [1.29, 1.82) is 0 Å². The van der Waals surface area contributed by atoms with Crippen LogP contribution in [0, 0.1) is 5.82 Å². The SMILES string of the molecule is COCCCC(C)(O)c1ccc(F)cn1. The molecule has 3 nitrogen and oxygen atoms in total. The average molecular weight is 213 g/mol. The number of halogens is 1. The molecular weight excluding hydrogens is 197 g/mol. The molecule has 1 aromatic rings. The van der Waals surface area contributed by atoms with Crippen LogP contribution < -0.4 is 0 Å². The van der Waals surface area contributed by atoms with E-state index in [-0.39, 0.29) is 0 Å². The molecule has 0 fully saturated rings. The van der Waals surface area contributed by atoms with Crippen LogP contribution in [-0.2, 0) is 10.3 Å². The van der Waals surface area contributed by atoms with Gasteiger partial charge in [-0.1, -0.05) is 0 Å². The van der Waals surface area contributed by atoms with Crippen molar-refractivity contribution in [3.63, 3.8) is 0 Å². The molecule has 0 radical (unpaired) electrons. The Balaban J connectivity index is 2.63. The zero-order chi connectivity index (χ0) is 11.3. The smallest absolute Gasteiger partial charge is 0.141 e. The van der Waals surface area contributed by atoms with Crippen molar-refractivity contribution in [2.45, 2.75) is 25.4 Å². The Morgan fingerprint density at radius 3 is 2.80 bits per heavy atom. The van der Waals surface area contributed by atoms with Gasteiger partial charge in [-0.2, -0.15) is 0 Å². The summed E-state index contributed by atoms with van der Waals surface area (Å²) in [5, 5.41) is 10.1. The van der Waals surface area contributed by atoms with E-state index in [4.69, 9.17) is 4.74 Å². The van der Waals surface area contributed by atoms with Crippen molar-refractivity contribution in [1.82, 2.24) is 4.98 Å². The largest absolute Gasteiger partial charge is 0.385 e. The number of hydrogen-bond acceptors (Lipinski definition) is 3. The van der Waals surface area contributed by atoms with Gasteiger partial charge in [-0.3, -0.25) is 4.98 Å². The Kier molecular flexibility index (Phi) is 4.17. The van der Waals surface area contributed by atoms with E-state index in [0.29, 0.717) is 18.7 Å². The van der Waals surface area contributed by atoms with Crippen LogP contribution in [0.5, 0.6) is 0 Å². The fraction of sp³-hybridized carbons (Fsp3) is 0.545. The highest BCUT2D eigenvalue weighted by Crippen LogP contribution is 2.23. The molecule has 4 heteroatoms. The molecule has 0 aliphatic rings.